The Hall–Kier alpha value is -1.55. The number of hydrogen-bond donors (Lipinski definition) is 2. The van der Waals surface area contributed by atoms with Crippen molar-refractivity contribution in [2.45, 2.75) is 51.6 Å². The first-order valence-electron chi connectivity index (χ1n) is 11.7. The summed E-state index contributed by atoms with van der Waals surface area (Å²) >= 11 is 0. The Morgan fingerprint density at radius 1 is 1.25 bits per heavy atom. The van der Waals surface area contributed by atoms with E-state index in [9.17, 15) is 4.79 Å². The number of ether oxygens (including phenoxy) is 1. The summed E-state index contributed by atoms with van der Waals surface area (Å²) in [6.45, 7) is 6.63. The number of guanidine groups is 1. The molecule has 2 fully saturated rings. The highest BCUT2D eigenvalue weighted by Crippen LogP contribution is 2.27. The fraction of sp³-hybridized carbons (Fsp3) is 0.667. The van der Waals surface area contributed by atoms with Crippen molar-refractivity contribution in [1.82, 2.24) is 20.4 Å². The number of amides is 1. The van der Waals surface area contributed by atoms with Gasteiger partial charge in [-0.1, -0.05) is 25.0 Å². The zero-order chi connectivity index (χ0) is 22.1. The van der Waals surface area contributed by atoms with Crippen LogP contribution in [0.2, 0.25) is 0 Å². The lowest BCUT2D eigenvalue weighted by atomic mass is 10.1. The van der Waals surface area contributed by atoms with E-state index in [-0.39, 0.29) is 35.9 Å². The van der Waals surface area contributed by atoms with Crippen molar-refractivity contribution < 1.29 is 9.53 Å². The molecule has 1 aromatic carbocycles. The van der Waals surface area contributed by atoms with E-state index in [0.29, 0.717) is 19.1 Å². The van der Waals surface area contributed by atoms with Crippen LogP contribution in [0.25, 0.3) is 0 Å². The molecule has 1 aliphatic heterocycles. The van der Waals surface area contributed by atoms with Gasteiger partial charge in [0.15, 0.2) is 5.96 Å². The first-order chi connectivity index (χ1) is 15.0. The number of nitrogens with zero attached hydrogens (tertiary/aromatic N) is 3. The van der Waals surface area contributed by atoms with E-state index in [1.807, 2.05) is 31.1 Å². The van der Waals surface area contributed by atoms with Gasteiger partial charge in [-0.05, 0) is 58.0 Å². The largest absolute Gasteiger partial charge is 0.492 e. The topological polar surface area (TPSA) is 69.2 Å². The highest BCUT2D eigenvalue weighted by atomic mass is 127. The van der Waals surface area contributed by atoms with Gasteiger partial charge >= 0.3 is 0 Å². The third kappa shape index (κ3) is 8.42. The van der Waals surface area contributed by atoms with Gasteiger partial charge in [0.1, 0.15) is 12.4 Å². The van der Waals surface area contributed by atoms with Crippen molar-refractivity contribution in [2.75, 3.05) is 46.9 Å². The number of halogens is 1. The highest BCUT2D eigenvalue weighted by Gasteiger charge is 2.32. The van der Waals surface area contributed by atoms with Crippen molar-refractivity contribution >= 4 is 35.8 Å². The zero-order valence-electron chi connectivity index (χ0n) is 19.8. The van der Waals surface area contributed by atoms with E-state index >= 15 is 0 Å². The van der Waals surface area contributed by atoms with Crippen molar-refractivity contribution in [2.24, 2.45) is 10.9 Å². The molecule has 1 aliphatic carbocycles. The summed E-state index contributed by atoms with van der Waals surface area (Å²) in [5.41, 5.74) is 1.11. The third-order valence-electron chi connectivity index (χ3n) is 6.01. The molecule has 1 saturated carbocycles. The first kappa shape index (κ1) is 26.7. The Morgan fingerprint density at radius 2 is 2.03 bits per heavy atom. The Morgan fingerprint density at radius 3 is 2.75 bits per heavy atom. The molecule has 0 spiro atoms. The highest BCUT2D eigenvalue weighted by molar-refractivity contribution is 14.0. The van der Waals surface area contributed by atoms with Crippen LogP contribution in [0, 0.1) is 5.92 Å². The smallest absolute Gasteiger partial charge is 0.225 e. The predicted molar refractivity (Wildman–Crippen MR) is 141 cm³/mol. The average molecular weight is 558 g/mol. The molecule has 1 saturated heterocycles. The number of hydrogen-bond acceptors (Lipinski definition) is 4. The summed E-state index contributed by atoms with van der Waals surface area (Å²) in [5.74, 6) is 2.30. The molecule has 180 valence electrons. The van der Waals surface area contributed by atoms with Crippen LogP contribution in [0.15, 0.2) is 29.3 Å². The average Bonchev–Trinajstić information content (AvgIpc) is 3.44. The van der Waals surface area contributed by atoms with Crippen molar-refractivity contribution in [3.63, 3.8) is 0 Å². The quantitative estimate of drug-likeness (QED) is 0.278. The summed E-state index contributed by atoms with van der Waals surface area (Å²) in [6.07, 6.45) is 5.50. The minimum absolute atomic E-state index is 0. The molecule has 0 bridgehead atoms. The fourth-order valence-electron chi connectivity index (χ4n) is 4.27. The molecule has 1 atom stereocenters. The molecular weight excluding hydrogens is 517 g/mol. The van der Waals surface area contributed by atoms with E-state index < -0.39 is 0 Å². The number of likely N-dealkylation sites (tertiary alicyclic amines) is 1. The Labute approximate surface area is 210 Å². The molecule has 0 aromatic heterocycles. The van der Waals surface area contributed by atoms with Gasteiger partial charge in [-0.2, -0.15) is 0 Å². The summed E-state index contributed by atoms with van der Waals surface area (Å²) in [7, 11) is 4.08. The van der Waals surface area contributed by atoms with Crippen LogP contribution in [0.5, 0.6) is 5.75 Å². The number of benzene rings is 1. The molecule has 2 aliphatic rings. The van der Waals surface area contributed by atoms with Crippen LogP contribution in [0.4, 0.5) is 0 Å². The molecule has 8 heteroatoms. The molecular formula is C24H40IN5O2. The van der Waals surface area contributed by atoms with Gasteiger partial charge in [-0.15, -0.1) is 24.0 Å². The van der Waals surface area contributed by atoms with Gasteiger partial charge in [0, 0.05) is 38.1 Å². The van der Waals surface area contributed by atoms with Crippen LogP contribution in [0.1, 0.15) is 44.6 Å². The van der Waals surface area contributed by atoms with Gasteiger partial charge in [-0.25, -0.2) is 4.99 Å². The fourth-order valence-corrected chi connectivity index (χ4v) is 4.27. The van der Waals surface area contributed by atoms with Crippen molar-refractivity contribution in [3.05, 3.63) is 29.8 Å². The van der Waals surface area contributed by atoms with E-state index in [1.165, 1.54) is 12.8 Å². The van der Waals surface area contributed by atoms with Crippen molar-refractivity contribution in [1.29, 1.82) is 0 Å². The van der Waals surface area contributed by atoms with Crippen LogP contribution in [0.3, 0.4) is 0 Å². The maximum Gasteiger partial charge on any atom is 0.225 e. The maximum atomic E-state index is 12.7. The second-order valence-electron chi connectivity index (χ2n) is 8.89. The number of aliphatic imine (C=N–C) groups is 1. The molecule has 0 radical (unpaired) electrons. The predicted octanol–water partition coefficient (Wildman–Crippen LogP) is 3.09. The van der Waals surface area contributed by atoms with Gasteiger partial charge in [0.05, 0.1) is 6.54 Å². The molecule has 7 nitrogen and oxygen atoms in total. The second kappa shape index (κ2) is 13.9. The van der Waals surface area contributed by atoms with Gasteiger partial charge in [0.2, 0.25) is 5.91 Å². The minimum Gasteiger partial charge on any atom is -0.492 e. The number of nitrogens with one attached hydrogen (secondary N) is 2. The molecule has 1 heterocycles. The number of carbonyl (C=O) groups is 1. The molecule has 1 amide bonds. The van der Waals surface area contributed by atoms with E-state index in [1.54, 1.807) is 0 Å². The normalized spacial score (nSPS) is 19.2. The monoisotopic (exact) mass is 557 g/mol. The summed E-state index contributed by atoms with van der Waals surface area (Å²) in [5, 5.41) is 6.87. The van der Waals surface area contributed by atoms with Gasteiger partial charge in [0.25, 0.3) is 0 Å². The number of likely N-dealkylation sites (N-methyl/N-ethyl adjacent to an activating group) is 1. The summed E-state index contributed by atoms with van der Waals surface area (Å²) in [6, 6.07) is 8.38. The summed E-state index contributed by atoms with van der Waals surface area (Å²) in [4.78, 5) is 21.6. The lowest BCUT2D eigenvalue weighted by Crippen LogP contribution is -2.45. The maximum absolute atomic E-state index is 12.7. The van der Waals surface area contributed by atoms with Crippen molar-refractivity contribution in [3.8, 4) is 5.75 Å². The number of carbonyl (C=O) groups excluding carboxylic acids is 1. The summed E-state index contributed by atoms with van der Waals surface area (Å²) < 4.78 is 5.84. The Balaban J connectivity index is 0.00000363. The molecule has 3 rings (SSSR count). The molecule has 1 aromatic rings. The van der Waals surface area contributed by atoms with Crippen LogP contribution in [-0.2, 0) is 11.3 Å². The van der Waals surface area contributed by atoms with Crippen LogP contribution >= 0.6 is 24.0 Å². The van der Waals surface area contributed by atoms with Gasteiger partial charge < -0.3 is 25.2 Å². The molecule has 32 heavy (non-hydrogen) atoms. The lowest BCUT2D eigenvalue weighted by molar-refractivity contribution is -0.134. The zero-order valence-corrected chi connectivity index (χ0v) is 22.1. The lowest BCUT2D eigenvalue weighted by Gasteiger charge is -2.21. The third-order valence-corrected chi connectivity index (χ3v) is 6.01. The first-order valence-corrected chi connectivity index (χ1v) is 11.7. The van der Waals surface area contributed by atoms with E-state index in [0.717, 1.165) is 62.7 Å². The number of rotatable bonds is 9. The van der Waals surface area contributed by atoms with Crippen LogP contribution in [-0.4, -0.2) is 74.6 Å². The van der Waals surface area contributed by atoms with Gasteiger partial charge in [-0.3, -0.25) is 4.79 Å². The SMILES string of the molecule is CCNC(=NCc1cccc(OCCN(C)C)c1)NC1CCN(C(=O)C2CCCC2)C1.I. The second-order valence-corrected chi connectivity index (χ2v) is 8.89. The molecule has 2 N–H and O–H groups in total. The standard InChI is InChI=1S/C24H39N5O2.HI/c1-4-25-24(26-17-19-8-7-11-22(16-19)31-15-14-28(2)3)27-21-12-13-29(18-21)23(30)20-9-5-6-10-20;/h7-8,11,16,20-21H,4-6,9-10,12-15,17-18H2,1-3H3,(H2,25,26,27);1H. The minimum atomic E-state index is 0. The molecule has 1 unspecified atom stereocenters. The Bertz CT molecular complexity index is 737. The van der Waals surface area contributed by atoms with Crippen LogP contribution < -0.4 is 15.4 Å². The van der Waals surface area contributed by atoms with E-state index in [4.69, 9.17) is 9.73 Å². The Kier molecular flexibility index (Phi) is 11.6. The van der Waals surface area contributed by atoms with E-state index in [2.05, 4.69) is 34.6 Å².